The van der Waals surface area contributed by atoms with Gasteiger partial charge in [-0.2, -0.15) is 0 Å². The number of imidazole rings is 1. The van der Waals surface area contributed by atoms with E-state index in [9.17, 15) is 4.79 Å². The van der Waals surface area contributed by atoms with E-state index in [0.29, 0.717) is 6.61 Å². The van der Waals surface area contributed by atoms with E-state index in [2.05, 4.69) is 16.5 Å². The summed E-state index contributed by atoms with van der Waals surface area (Å²) in [4.78, 5) is 16.4. The SMILES string of the molecule is C=CC(=O)NC(C)c1nc2ccccc2n1CCCOc1ccccc1OC. The molecule has 0 spiro atoms. The van der Waals surface area contributed by atoms with E-state index in [1.807, 2.05) is 55.5 Å². The molecule has 28 heavy (non-hydrogen) atoms. The molecule has 1 aromatic heterocycles. The Kier molecular flexibility index (Phi) is 6.32. The number of rotatable bonds is 9. The maximum Gasteiger partial charge on any atom is 0.243 e. The summed E-state index contributed by atoms with van der Waals surface area (Å²) in [6, 6.07) is 15.3. The second-order valence-corrected chi connectivity index (χ2v) is 6.40. The molecule has 146 valence electrons. The fourth-order valence-electron chi connectivity index (χ4n) is 3.14. The highest BCUT2D eigenvalue weighted by atomic mass is 16.5. The minimum absolute atomic E-state index is 0.217. The number of nitrogens with one attached hydrogen (secondary N) is 1. The number of aryl methyl sites for hydroxylation is 1. The molecule has 1 amide bonds. The number of carbonyl (C=O) groups excluding carboxylic acids is 1. The van der Waals surface area contributed by atoms with Crippen LogP contribution in [0.15, 0.2) is 61.2 Å². The Labute approximate surface area is 164 Å². The van der Waals surface area contributed by atoms with Crippen molar-refractivity contribution in [2.75, 3.05) is 13.7 Å². The van der Waals surface area contributed by atoms with Gasteiger partial charge in [0.05, 0.1) is 30.8 Å². The summed E-state index contributed by atoms with van der Waals surface area (Å²) in [7, 11) is 1.63. The molecule has 3 aromatic rings. The first-order valence-corrected chi connectivity index (χ1v) is 9.28. The summed E-state index contributed by atoms with van der Waals surface area (Å²) in [5.74, 6) is 2.05. The van der Waals surface area contributed by atoms with Crippen molar-refractivity contribution in [3.8, 4) is 11.5 Å². The molecule has 0 fully saturated rings. The Morgan fingerprint density at radius 2 is 1.93 bits per heavy atom. The van der Waals surface area contributed by atoms with Gasteiger partial charge < -0.3 is 19.4 Å². The van der Waals surface area contributed by atoms with E-state index in [0.717, 1.165) is 41.3 Å². The lowest BCUT2D eigenvalue weighted by atomic mass is 10.3. The van der Waals surface area contributed by atoms with Gasteiger partial charge in [-0.25, -0.2) is 4.98 Å². The molecule has 0 aliphatic heterocycles. The average molecular weight is 379 g/mol. The molecule has 3 rings (SSSR count). The third-order valence-electron chi connectivity index (χ3n) is 4.47. The molecule has 0 saturated carbocycles. The molecule has 2 aromatic carbocycles. The van der Waals surface area contributed by atoms with Crippen LogP contribution in [0.4, 0.5) is 0 Å². The lowest BCUT2D eigenvalue weighted by molar-refractivity contribution is -0.117. The number of hydrogen-bond donors (Lipinski definition) is 1. The van der Waals surface area contributed by atoms with Gasteiger partial charge in [-0.1, -0.05) is 30.8 Å². The van der Waals surface area contributed by atoms with E-state index < -0.39 is 0 Å². The van der Waals surface area contributed by atoms with Crippen molar-refractivity contribution >= 4 is 16.9 Å². The van der Waals surface area contributed by atoms with Gasteiger partial charge in [-0.15, -0.1) is 0 Å². The lowest BCUT2D eigenvalue weighted by Crippen LogP contribution is -2.27. The molecule has 0 aliphatic rings. The van der Waals surface area contributed by atoms with E-state index in [4.69, 9.17) is 14.5 Å². The number of ether oxygens (including phenoxy) is 2. The minimum atomic E-state index is -0.229. The van der Waals surface area contributed by atoms with Gasteiger partial charge in [0.2, 0.25) is 5.91 Å². The molecule has 0 saturated heterocycles. The second kappa shape index (κ2) is 9.08. The molecule has 0 radical (unpaired) electrons. The van der Waals surface area contributed by atoms with Crippen molar-refractivity contribution in [2.24, 2.45) is 0 Å². The van der Waals surface area contributed by atoms with Crippen LogP contribution in [0.5, 0.6) is 11.5 Å². The molecule has 0 aliphatic carbocycles. The molecule has 6 heteroatoms. The van der Waals surface area contributed by atoms with Crippen molar-refractivity contribution in [3.63, 3.8) is 0 Å². The van der Waals surface area contributed by atoms with Crippen molar-refractivity contribution in [1.29, 1.82) is 0 Å². The summed E-state index contributed by atoms with van der Waals surface area (Å²) in [5, 5.41) is 2.89. The summed E-state index contributed by atoms with van der Waals surface area (Å²) in [6.45, 7) is 6.69. The van der Waals surface area contributed by atoms with Crippen LogP contribution < -0.4 is 14.8 Å². The van der Waals surface area contributed by atoms with Gasteiger partial charge in [0.15, 0.2) is 11.5 Å². The predicted octanol–water partition coefficient (Wildman–Crippen LogP) is 3.88. The molecule has 1 unspecified atom stereocenters. The van der Waals surface area contributed by atoms with Gasteiger partial charge in [-0.05, 0) is 43.7 Å². The van der Waals surface area contributed by atoms with Crippen LogP contribution in [-0.2, 0) is 11.3 Å². The summed E-state index contributed by atoms with van der Waals surface area (Å²) in [6.07, 6.45) is 2.05. The fourth-order valence-corrected chi connectivity index (χ4v) is 3.14. The van der Waals surface area contributed by atoms with E-state index >= 15 is 0 Å². The van der Waals surface area contributed by atoms with Crippen LogP contribution in [0, 0.1) is 0 Å². The zero-order valence-electron chi connectivity index (χ0n) is 16.2. The molecule has 0 bridgehead atoms. The number of aromatic nitrogens is 2. The van der Waals surface area contributed by atoms with Gasteiger partial charge >= 0.3 is 0 Å². The third-order valence-corrected chi connectivity index (χ3v) is 4.47. The number of para-hydroxylation sites is 4. The first-order valence-electron chi connectivity index (χ1n) is 9.28. The fraction of sp³-hybridized carbons (Fsp3) is 0.273. The summed E-state index contributed by atoms with van der Waals surface area (Å²) >= 11 is 0. The molecule has 1 atom stereocenters. The van der Waals surface area contributed by atoms with Gasteiger partial charge in [0.25, 0.3) is 0 Å². The van der Waals surface area contributed by atoms with Crippen LogP contribution >= 0.6 is 0 Å². The Morgan fingerprint density at radius 3 is 2.68 bits per heavy atom. The maximum absolute atomic E-state index is 11.7. The number of benzene rings is 2. The van der Waals surface area contributed by atoms with Crippen molar-refractivity contribution in [2.45, 2.75) is 25.9 Å². The quantitative estimate of drug-likeness (QED) is 0.453. The van der Waals surface area contributed by atoms with Gasteiger partial charge in [-0.3, -0.25) is 4.79 Å². The third kappa shape index (κ3) is 4.34. The number of fused-ring (bicyclic) bond motifs is 1. The Bertz CT molecular complexity index is 965. The van der Waals surface area contributed by atoms with E-state index in [-0.39, 0.29) is 11.9 Å². The first kappa shape index (κ1) is 19.5. The number of methoxy groups -OCH3 is 1. The first-order chi connectivity index (χ1) is 13.6. The van der Waals surface area contributed by atoms with Crippen molar-refractivity contribution in [1.82, 2.24) is 14.9 Å². The topological polar surface area (TPSA) is 65.4 Å². The van der Waals surface area contributed by atoms with Crippen LogP contribution in [0.3, 0.4) is 0 Å². The Morgan fingerprint density at radius 1 is 1.21 bits per heavy atom. The number of nitrogens with zero attached hydrogens (tertiary/aromatic N) is 2. The standard InChI is InChI=1S/C22H25N3O3/c1-4-21(26)23-16(2)22-24-17-10-5-6-11-18(17)25(22)14-9-15-28-20-13-8-7-12-19(20)27-3/h4-8,10-13,16H,1,9,14-15H2,2-3H3,(H,23,26). The summed E-state index contributed by atoms with van der Waals surface area (Å²) in [5.41, 5.74) is 1.94. The molecule has 6 nitrogen and oxygen atoms in total. The van der Waals surface area contributed by atoms with E-state index in [1.54, 1.807) is 7.11 Å². The van der Waals surface area contributed by atoms with Gasteiger partial charge in [0.1, 0.15) is 5.82 Å². The summed E-state index contributed by atoms with van der Waals surface area (Å²) < 4.78 is 13.3. The zero-order chi connectivity index (χ0) is 19.9. The van der Waals surface area contributed by atoms with Crippen LogP contribution in [0.25, 0.3) is 11.0 Å². The molecule has 1 N–H and O–H groups in total. The normalized spacial score (nSPS) is 11.8. The van der Waals surface area contributed by atoms with Gasteiger partial charge in [0, 0.05) is 6.54 Å². The highest BCUT2D eigenvalue weighted by Crippen LogP contribution is 2.26. The van der Waals surface area contributed by atoms with Crippen molar-refractivity contribution in [3.05, 3.63) is 67.0 Å². The Balaban J connectivity index is 1.73. The maximum atomic E-state index is 11.7. The zero-order valence-corrected chi connectivity index (χ0v) is 16.2. The number of amides is 1. The van der Waals surface area contributed by atoms with Crippen LogP contribution in [-0.4, -0.2) is 29.2 Å². The molecule has 1 heterocycles. The lowest BCUT2D eigenvalue weighted by Gasteiger charge is -2.16. The monoisotopic (exact) mass is 379 g/mol. The second-order valence-electron chi connectivity index (χ2n) is 6.40. The highest BCUT2D eigenvalue weighted by molar-refractivity contribution is 5.87. The van der Waals surface area contributed by atoms with Crippen molar-refractivity contribution < 1.29 is 14.3 Å². The average Bonchev–Trinajstić information content (AvgIpc) is 3.10. The minimum Gasteiger partial charge on any atom is -0.493 e. The molecular formula is C22H25N3O3. The number of carbonyl (C=O) groups is 1. The van der Waals surface area contributed by atoms with E-state index in [1.165, 1.54) is 6.08 Å². The largest absolute Gasteiger partial charge is 0.493 e. The highest BCUT2D eigenvalue weighted by Gasteiger charge is 2.17. The predicted molar refractivity (Wildman–Crippen MR) is 110 cm³/mol. The number of hydrogen-bond acceptors (Lipinski definition) is 4. The Hall–Kier alpha value is -3.28. The van der Waals surface area contributed by atoms with Crippen LogP contribution in [0.1, 0.15) is 25.2 Å². The molecular weight excluding hydrogens is 354 g/mol. The van der Waals surface area contributed by atoms with Crippen LogP contribution in [0.2, 0.25) is 0 Å². The smallest absolute Gasteiger partial charge is 0.243 e.